The Morgan fingerprint density at radius 1 is 0.839 bits per heavy atom. The van der Waals surface area contributed by atoms with Gasteiger partial charge in [-0.3, -0.25) is 33.8 Å². The molecule has 9 rings (SSSR count). The first-order valence-electron chi connectivity index (χ1n) is 21.0. The minimum atomic E-state index is -4.77. The fourth-order valence-corrected chi connectivity index (χ4v) is 11.0. The van der Waals surface area contributed by atoms with Crippen LogP contribution in [-0.4, -0.2) is 99.4 Å². The van der Waals surface area contributed by atoms with Crippen LogP contribution in [0.4, 0.5) is 18.9 Å². The van der Waals surface area contributed by atoms with Crippen molar-refractivity contribution in [3.05, 3.63) is 87.7 Å². The monoisotopic (exact) mass is 846 g/mol. The first kappa shape index (κ1) is 41.3. The van der Waals surface area contributed by atoms with Crippen molar-refractivity contribution in [2.75, 3.05) is 31.1 Å². The number of aromatic nitrogens is 1. The van der Waals surface area contributed by atoms with E-state index in [1.807, 2.05) is 56.9 Å². The number of benzene rings is 2. The number of anilines is 1. The number of ketones is 2. The highest BCUT2D eigenvalue weighted by atomic mass is 19.4. The van der Waals surface area contributed by atoms with Crippen LogP contribution in [0.25, 0.3) is 0 Å². The van der Waals surface area contributed by atoms with E-state index in [0.717, 1.165) is 60.2 Å². The first-order chi connectivity index (χ1) is 29.4. The number of fused-ring (bicyclic) bond motifs is 2. The summed E-state index contributed by atoms with van der Waals surface area (Å²) in [7, 11) is 0. The molecule has 1 aromatic heterocycles. The lowest BCUT2D eigenvalue weighted by atomic mass is 9.49. The van der Waals surface area contributed by atoms with Gasteiger partial charge in [0.1, 0.15) is 23.7 Å². The molecule has 2 aromatic carbocycles. The molecular formula is C47H45F3N6O6. The number of imide groups is 1. The molecule has 1 unspecified atom stereocenters. The van der Waals surface area contributed by atoms with Gasteiger partial charge in [-0.2, -0.15) is 18.4 Å². The van der Waals surface area contributed by atoms with Crippen LogP contribution in [0.15, 0.2) is 48.7 Å². The van der Waals surface area contributed by atoms with Crippen LogP contribution < -0.4 is 9.64 Å². The quantitative estimate of drug-likeness (QED) is 0.213. The van der Waals surface area contributed by atoms with Crippen LogP contribution in [0.2, 0.25) is 0 Å². The number of ether oxygens (including phenoxy) is 1. The Kier molecular flexibility index (Phi) is 9.86. The second-order valence-electron chi connectivity index (χ2n) is 18.6. The number of likely N-dealkylation sites (tertiary alicyclic amines) is 1. The zero-order chi connectivity index (χ0) is 44.0. The highest BCUT2D eigenvalue weighted by molar-refractivity contribution is 6.23. The summed E-state index contributed by atoms with van der Waals surface area (Å²) in [6, 6.07) is 12.3. The molecule has 0 radical (unpaired) electrons. The molecule has 2 aliphatic carbocycles. The lowest BCUT2D eigenvalue weighted by molar-refractivity contribution is -0.199. The molecule has 2 saturated carbocycles. The Labute approximate surface area is 357 Å². The number of hydrogen-bond acceptors (Lipinski definition) is 10. The third-order valence-electron chi connectivity index (χ3n) is 13.8. The largest absolute Gasteiger partial charge is 0.488 e. The normalized spacial score (nSPS) is 24.8. The van der Waals surface area contributed by atoms with Crippen molar-refractivity contribution in [2.24, 2.45) is 16.7 Å². The number of alkyl halides is 3. The van der Waals surface area contributed by atoms with Crippen LogP contribution >= 0.6 is 0 Å². The number of carbonyl (C=O) groups excluding carboxylic acids is 5. The molecule has 15 heteroatoms. The Balaban J connectivity index is 0.785. The molecule has 6 aliphatic rings. The molecule has 4 fully saturated rings. The van der Waals surface area contributed by atoms with Gasteiger partial charge in [0.05, 0.1) is 28.9 Å². The standard InChI is InChI=1S/C47H45F3N6O6/c1-45(2)43(46(3,4)44(45)62-32-18-36(47(48,49)50)37(19-51)52-20-32)55-23-28-16-26(10-13-33(28)40(55)59)8-9-27-21-53(22-27)30-24-54(25-30)29-11-14-34-35(17-29)42(61)56(41(34)60)38-15-12-31(57)6-5-7-39(38)58/h10-11,13-14,16-18,20,27,30,38,43-44H,5-7,12,15,21-25H2,1-4H3/t38?,43-,44-. The van der Waals surface area contributed by atoms with Gasteiger partial charge in [-0.1, -0.05) is 39.5 Å². The van der Waals surface area contributed by atoms with E-state index in [1.54, 1.807) is 12.1 Å². The summed E-state index contributed by atoms with van der Waals surface area (Å²) in [6.07, 6.45) is -2.88. The van der Waals surface area contributed by atoms with E-state index in [1.165, 1.54) is 6.07 Å². The topological polar surface area (TPSA) is 144 Å². The molecule has 320 valence electrons. The van der Waals surface area contributed by atoms with Crippen molar-refractivity contribution < 1.29 is 41.9 Å². The molecular weight excluding hydrogens is 802 g/mol. The molecule has 1 atom stereocenters. The maximum Gasteiger partial charge on any atom is 0.419 e. The van der Waals surface area contributed by atoms with Crippen molar-refractivity contribution in [3.63, 3.8) is 0 Å². The lowest BCUT2D eigenvalue weighted by Gasteiger charge is -2.65. The zero-order valence-corrected chi connectivity index (χ0v) is 34.8. The summed E-state index contributed by atoms with van der Waals surface area (Å²) < 4.78 is 47.1. The number of hydrogen-bond donors (Lipinski definition) is 0. The van der Waals surface area contributed by atoms with Gasteiger partial charge in [0.25, 0.3) is 17.7 Å². The van der Waals surface area contributed by atoms with E-state index in [9.17, 15) is 37.1 Å². The minimum absolute atomic E-state index is 0.0459. The van der Waals surface area contributed by atoms with Crippen molar-refractivity contribution in [1.82, 2.24) is 19.7 Å². The second kappa shape index (κ2) is 14.8. The average Bonchev–Trinajstić information content (AvgIpc) is 3.62. The van der Waals surface area contributed by atoms with Crippen LogP contribution in [0.5, 0.6) is 5.75 Å². The Morgan fingerprint density at radius 2 is 1.55 bits per heavy atom. The van der Waals surface area contributed by atoms with Crippen molar-refractivity contribution in [1.29, 1.82) is 5.26 Å². The van der Waals surface area contributed by atoms with Gasteiger partial charge in [-0.25, -0.2) is 4.98 Å². The maximum absolute atomic E-state index is 13.8. The van der Waals surface area contributed by atoms with E-state index in [0.29, 0.717) is 36.6 Å². The predicted octanol–water partition coefficient (Wildman–Crippen LogP) is 6.05. The van der Waals surface area contributed by atoms with Crippen molar-refractivity contribution in [3.8, 4) is 23.7 Å². The first-order valence-corrected chi connectivity index (χ1v) is 21.0. The summed E-state index contributed by atoms with van der Waals surface area (Å²) >= 11 is 0. The molecule has 12 nitrogen and oxygen atoms in total. The Hall–Kier alpha value is -6.06. The van der Waals surface area contributed by atoms with Crippen LogP contribution in [0.3, 0.4) is 0 Å². The fourth-order valence-electron chi connectivity index (χ4n) is 11.0. The zero-order valence-electron chi connectivity index (χ0n) is 34.8. The minimum Gasteiger partial charge on any atom is -0.488 e. The summed E-state index contributed by atoms with van der Waals surface area (Å²) in [4.78, 5) is 76.7. The highest BCUT2D eigenvalue weighted by Gasteiger charge is 2.67. The summed E-state index contributed by atoms with van der Waals surface area (Å²) in [6.45, 7) is 11.3. The van der Waals surface area contributed by atoms with Gasteiger partial charge in [0.15, 0.2) is 11.5 Å². The predicted molar refractivity (Wildman–Crippen MR) is 218 cm³/mol. The number of Topliss-reactive ketones (excluding diaryl/α,β-unsaturated/α-hetero) is 2. The number of rotatable bonds is 6. The maximum atomic E-state index is 13.8. The molecule has 0 spiro atoms. The number of pyridine rings is 1. The number of amides is 3. The number of nitriles is 1. The van der Waals surface area contributed by atoms with Crippen LogP contribution in [0.1, 0.15) is 113 Å². The van der Waals surface area contributed by atoms with E-state index < -0.39 is 52.2 Å². The fraction of sp³-hybridized carbons (Fsp3) is 0.468. The molecule has 5 heterocycles. The smallest absolute Gasteiger partial charge is 0.419 e. The van der Waals surface area contributed by atoms with Gasteiger partial charge in [0.2, 0.25) is 0 Å². The van der Waals surface area contributed by atoms with Gasteiger partial charge >= 0.3 is 6.18 Å². The molecule has 2 saturated heterocycles. The average molecular weight is 847 g/mol. The molecule has 62 heavy (non-hydrogen) atoms. The van der Waals surface area contributed by atoms with Crippen molar-refractivity contribution >= 4 is 35.0 Å². The number of halogens is 3. The third-order valence-corrected chi connectivity index (χ3v) is 13.8. The van der Waals surface area contributed by atoms with E-state index >= 15 is 0 Å². The van der Waals surface area contributed by atoms with E-state index in [2.05, 4.69) is 26.6 Å². The second-order valence-corrected chi connectivity index (χ2v) is 18.6. The highest BCUT2D eigenvalue weighted by Crippen LogP contribution is 2.59. The Morgan fingerprint density at radius 3 is 2.26 bits per heavy atom. The van der Waals surface area contributed by atoms with Gasteiger partial charge < -0.3 is 14.5 Å². The van der Waals surface area contributed by atoms with Crippen LogP contribution in [-0.2, 0) is 22.3 Å². The van der Waals surface area contributed by atoms with Gasteiger partial charge in [-0.05, 0) is 60.9 Å². The SMILES string of the molecule is CC1(C)[C@H](Oc2cnc(C#N)c(C(F)(F)F)c2)C(C)(C)[C@H]1N1Cc2cc(C#CC3CN(C4CN(c5ccc6c(c5)C(=O)N(C5CCC(=O)CCCC5=O)C6=O)C4)C3)ccc2C1=O. The summed E-state index contributed by atoms with van der Waals surface area (Å²) in [5, 5.41) is 9.14. The third kappa shape index (κ3) is 6.81. The lowest BCUT2D eigenvalue weighted by Crippen LogP contribution is -2.74. The molecule has 3 amide bonds. The van der Waals surface area contributed by atoms with Crippen molar-refractivity contribution in [2.45, 2.75) is 96.7 Å². The number of nitrogens with zero attached hydrogens (tertiary/aromatic N) is 6. The van der Waals surface area contributed by atoms with E-state index in [4.69, 9.17) is 10.00 Å². The van der Waals surface area contributed by atoms with E-state index in [-0.39, 0.29) is 60.0 Å². The molecule has 0 N–H and O–H groups in total. The molecule has 3 aromatic rings. The molecule has 4 aliphatic heterocycles. The van der Waals surface area contributed by atoms with Gasteiger partial charge in [-0.15, -0.1) is 0 Å². The summed E-state index contributed by atoms with van der Waals surface area (Å²) in [5.74, 6) is 5.60. The molecule has 0 bridgehead atoms. The summed E-state index contributed by atoms with van der Waals surface area (Å²) in [5.41, 5.74) is 0.553. The van der Waals surface area contributed by atoms with Crippen LogP contribution in [0, 0.1) is 39.9 Å². The number of carbonyl (C=O) groups is 5. The Bertz CT molecular complexity index is 2540. The van der Waals surface area contributed by atoms with Gasteiger partial charge in [0, 0.05) is 97.6 Å².